The van der Waals surface area contributed by atoms with E-state index in [2.05, 4.69) is 34.4 Å². The second kappa shape index (κ2) is 10.1. The summed E-state index contributed by atoms with van der Waals surface area (Å²) >= 11 is 6.43. The summed E-state index contributed by atoms with van der Waals surface area (Å²) in [6.45, 7) is 4.30. The van der Waals surface area contributed by atoms with Crippen molar-refractivity contribution in [3.8, 4) is 0 Å². The second-order valence-electron chi connectivity index (χ2n) is 10.5. The second-order valence-corrected chi connectivity index (χ2v) is 12.9. The minimum Gasteiger partial charge on any atom is -0.364 e. The summed E-state index contributed by atoms with van der Waals surface area (Å²) in [5.41, 5.74) is 2.64. The van der Waals surface area contributed by atoms with Crippen molar-refractivity contribution in [2.24, 2.45) is 0 Å². The number of hydrogen-bond donors (Lipinski definition) is 2. The fraction of sp³-hybridized carbons (Fsp3) is 0.560. The van der Waals surface area contributed by atoms with Gasteiger partial charge in [-0.05, 0) is 48.4 Å². The van der Waals surface area contributed by atoms with E-state index in [1.54, 1.807) is 11.9 Å². The third kappa shape index (κ3) is 5.60. The van der Waals surface area contributed by atoms with E-state index in [-0.39, 0.29) is 23.4 Å². The molecule has 4 rings (SSSR count). The Morgan fingerprint density at radius 3 is 2.67 bits per heavy atom. The van der Waals surface area contributed by atoms with Crippen LogP contribution in [0, 0.1) is 0 Å². The molecule has 196 valence electrons. The summed E-state index contributed by atoms with van der Waals surface area (Å²) in [4.78, 5) is 23.1. The van der Waals surface area contributed by atoms with Crippen LogP contribution in [0.25, 0.3) is 0 Å². The van der Waals surface area contributed by atoms with Crippen LogP contribution in [0.4, 0.5) is 23.1 Å². The fourth-order valence-corrected chi connectivity index (χ4v) is 5.99. The molecule has 0 saturated heterocycles. The molecular weight excluding hydrogens is 500 g/mol. The van der Waals surface area contributed by atoms with Crippen molar-refractivity contribution in [3.63, 3.8) is 0 Å². The van der Waals surface area contributed by atoms with Gasteiger partial charge >= 0.3 is 0 Å². The van der Waals surface area contributed by atoms with Crippen LogP contribution in [-0.4, -0.2) is 61.0 Å². The van der Waals surface area contributed by atoms with Gasteiger partial charge < -0.3 is 15.5 Å². The molecule has 0 unspecified atom stereocenters. The molecule has 2 aromatic rings. The molecule has 1 aliphatic heterocycles. The van der Waals surface area contributed by atoms with Gasteiger partial charge in [0.25, 0.3) is 0 Å². The van der Waals surface area contributed by atoms with Crippen LogP contribution < -0.4 is 15.5 Å². The Morgan fingerprint density at radius 1 is 1.22 bits per heavy atom. The van der Waals surface area contributed by atoms with Gasteiger partial charge in [-0.15, -0.1) is 0 Å². The van der Waals surface area contributed by atoms with Crippen molar-refractivity contribution in [2.75, 3.05) is 35.9 Å². The molecule has 1 fully saturated rings. The first kappa shape index (κ1) is 26.6. The molecule has 1 aliphatic carbocycles. The molecular formula is C25H35ClN6O3S. The van der Waals surface area contributed by atoms with Crippen molar-refractivity contribution in [1.82, 2.24) is 14.3 Å². The molecule has 0 spiro atoms. The average Bonchev–Trinajstić information content (AvgIpc) is 2.91. The first-order valence-electron chi connectivity index (χ1n) is 12.3. The minimum absolute atomic E-state index is 0.111. The summed E-state index contributed by atoms with van der Waals surface area (Å²) in [6, 6.07) is 5.62. The summed E-state index contributed by atoms with van der Waals surface area (Å²) in [6.07, 6.45) is 7.61. The van der Waals surface area contributed by atoms with Gasteiger partial charge in [-0.25, -0.2) is 17.7 Å². The monoisotopic (exact) mass is 534 g/mol. The van der Waals surface area contributed by atoms with E-state index in [0.29, 0.717) is 23.2 Å². The molecule has 1 aromatic heterocycles. The number of nitrogens with zero attached hydrogens (tertiary/aromatic N) is 4. The van der Waals surface area contributed by atoms with Gasteiger partial charge in [0, 0.05) is 44.0 Å². The van der Waals surface area contributed by atoms with Gasteiger partial charge in [0.2, 0.25) is 21.9 Å². The number of halogens is 1. The fourth-order valence-electron chi connectivity index (χ4n) is 5.10. The molecule has 1 aromatic carbocycles. The van der Waals surface area contributed by atoms with Crippen LogP contribution in [0.15, 0.2) is 24.4 Å². The Labute approximate surface area is 218 Å². The zero-order valence-corrected chi connectivity index (χ0v) is 23.1. The number of likely N-dealkylation sites (N-methyl/N-ethyl adjacent to an activating group) is 1. The van der Waals surface area contributed by atoms with Crippen LogP contribution in [-0.2, 0) is 20.2 Å². The highest BCUT2D eigenvalue weighted by Crippen LogP contribution is 2.40. The van der Waals surface area contributed by atoms with Crippen LogP contribution >= 0.6 is 11.6 Å². The lowest BCUT2D eigenvalue weighted by atomic mass is 9.80. The van der Waals surface area contributed by atoms with E-state index in [4.69, 9.17) is 11.6 Å². The quantitative estimate of drug-likeness (QED) is 0.561. The van der Waals surface area contributed by atoms with E-state index in [0.717, 1.165) is 49.0 Å². The Hall–Kier alpha value is -2.43. The van der Waals surface area contributed by atoms with E-state index < -0.39 is 10.0 Å². The van der Waals surface area contributed by atoms with E-state index in [9.17, 15) is 13.2 Å². The number of benzene rings is 1. The normalized spacial score (nSPS) is 22.2. The molecule has 1 saturated carbocycles. The summed E-state index contributed by atoms with van der Waals surface area (Å²) in [7, 11) is 0.116. The third-order valence-electron chi connectivity index (χ3n) is 7.47. The van der Waals surface area contributed by atoms with Crippen LogP contribution in [0.1, 0.15) is 57.9 Å². The first-order chi connectivity index (χ1) is 16.9. The Morgan fingerprint density at radius 2 is 1.94 bits per heavy atom. The number of amides is 1. The highest BCUT2D eigenvalue weighted by molar-refractivity contribution is 7.88. The summed E-state index contributed by atoms with van der Waals surface area (Å²) in [5, 5.41) is 7.03. The molecule has 0 radical (unpaired) electrons. The van der Waals surface area contributed by atoms with Crippen LogP contribution in [0.2, 0.25) is 5.02 Å². The number of rotatable bonds is 6. The van der Waals surface area contributed by atoms with Crippen LogP contribution in [0.5, 0.6) is 0 Å². The van der Waals surface area contributed by atoms with Crippen molar-refractivity contribution in [1.29, 1.82) is 0 Å². The van der Waals surface area contributed by atoms with E-state index >= 15 is 0 Å². The summed E-state index contributed by atoms with van der Waals surface area (Å²) < 4.78 is 25.8. The number of aromatic nitrogens is 2. The van der Waals surface area contributed by atoms with Crippen molar-refractivity contribution in [3.05, 3.63) is 35.0 Å². The Balaban J connectivity index is 1.58. The number of sulfonamides is 1. The minimum atomic E-state index is -3.32. The molecule has 2 atom stereocenters. The lowest BCUT2D eigenvalue weighted by Gasteiger charge is -2.37. The Bertz CT molecular complexity index is 1250. The van der Waals surface area contributed by atoms with E-state index in [1.807, 2.05) is 25.2 Å². The van der Waals surface area contributed by atoms with Gasteiger partial charge in [0.15, 0.2) is 5.82 Å². The number of hydrogen-bond acceptors (Lipinski definition) is 7. The summed E-state index contributed by atoms with van der Waals surface area (Å²) in [5.74, 6) is 0.955. The van der Waals surface area contributed by atoms with Gasteiger partial charge in [-0.1, -0.05) is 38.3 Å². The maximum atomic E-state index is 12.4. The number of anilines is 4. The maximum Gasteiger partial charge on any atom is 0.229 e. The van der Waals surface area contributed by atoms with Gasteiger partial charge in [-0.2, -0.15) is 4.98 Å². The van der Waals surface area contributed by atoms with E-state index in [1.165, 1.54) is 16.8 Å². The predicted molar refractivity (Wildman–Crippen MR) is 145 cm³/mol. The number of fused-ring (bicyclic) bond motifs is 1. The van der Waals surface area contributed by atoms with Gasteiger partial charge in [-0.3, -0.25) is 4.79 Å². The topological polar surface area (TPSA) is 108 Å². The lowest BCUT2D eigenvalue weighted by molar-refractivity contribution is -0.118. The highest BCUT2D eigenvalue weighted by atomic mass is 35.5. The van der Waals surface area contributed by atoms with Crippen molar-refractivity contribution < 1.29 is 13.2 Å². The molecule has 36 heavy (non-hydrogen) atoms. The lowest BCUT2D eigenvalue weighted by Crippen LogP contribution is -2.49. The zero-order valence-electron chi connectivity index (χ0n) is 21.5. The molecule has 11 heteroatoms. The standard InChI is InChI=1S/C25H35ClN6O3S/c1-25(2)13-12-22(33)31(3)20-11-10-16(14-17(20)25)28-24-27-15-18(26)23(30-24)29-19-8-6-7-9-21(19)32(4)36(5,34)35/h10-11,14-15,19,21H,6-9,12-13H2,1-5H3,(H2,27,28,29,30)/t19-,21-/m1/s1. The third-order valence-corrected chi connectivity index (χ3v) is 9.06. The van der Waals surface area contributed by atoms with Gasteiger partial charge in [0.1, 0.15) is 5.02 Å². The SMILES string of the molecule is CN1C(=O)CCC(C)(C)c2cc(Nc3ncc(Cl)c(N[C@@H]4CCCC[C@H]4N(C)S(C)(=O)=O)n3)ccc21. The number of carbonyl (C=O) groups is 1. The van der Waals surface area contributed by atoms with Crippen molar-refractivity contribution >= 4 is 50.7 Å². The molecule has 0 bridgehead atoms. The largest absolute Gasteiger partial charge is 0.364 e. The zero-order chi connectivity index (χ0) is 26.3. The predicted octanol–water partition coefficient (Wildman–Crippen LogP) is 4.52. The van der Waals surface area contributed by atoms with Crippen molar-refractivity contribution in [2.45, 2.75) is 69.9 Å². The smallest absolute Gasteiger partial charge is 0.229 e. The molecule has 2 N–H and O–H groups in total. The van der Waals surface area contributed by atoms with Gasteiger partial charge in [0.05, 0.1) is 12.5 Å². The highest BCUT2D eigenvalue weighted by Gasteiger charge is 2.34. The van der Waals surface area contributed by atoms with Crippen LogP contribution in [0.3, 0.4) is 0 Å². The Kier molecular flexibility index (Phi) is 7.50. The average molecular weight is 535 g/mol. The molecule has 2 heterocycles. The molecule has 9 nitrogen and oxygen atoms in total. The first-order valence-corrected chi connectivity index (χ1v) is 14.5. The maximum absolute atomic E-state index is 12.4. The number of nitrogens with one attached hydrogen (secondary N) is 2. The number of carbonyl (C=O) groups excluding carboxylic acids is 1. The molecule has 2 aliphatic rings. The molecule has 1 amide bonds.